The topological polar surface area (TPSA) is 40.5 Å². The molecule has 0 spiro atoms. The van der Waals surface area contributed by atoms with Crippen LogP contribution in [0.15, 0.2) is 0 Å². The lowest BCUT2D eigenvalue weighted by molar-refractivity contribution is -0.224. The Bertz CT molecular complexity index is 226. The van der Waals surface area contributed by atoms with Crippen LogP contribution in [0.5, 0.6) is 0 Å². The van der Waals surface area contributed by atoms with Gasteiger partial charge in [0.05, 0.1) is 11.7 Å². The molecule has 0 radical (unpaired) electrons. The van der Waals surface area contributed by atoms with Gasteiger partial charge in [0.1, 0.15) is 0 Å². The number of hydrogen-bond donors (Lipinski definition) is 2. The molecule has 74 valence electrons. The Morgan fingerprint density at radius 3 is 2.69 bits per heavy atom. The van der Waals surface area contributed by atoms with Crippen molar-refractivity contribution < 1.29 is 10.2 Å². The highest BCUT2D eigenvalue weighted by molar-refractivity contribution is 5.08. The van der Waals surface area contributed by atoms with Gasteiger partial charge in [-0.1, -0.05) is 6.42 Å². The summed E-state index contributed by atoms with van der Waals surface area (Å²) >= 11 is 0. The second-order valence-electron chi connectivity index (χ2n) is 5.27. The molecule has 0 aliphatic heterocycles. The molecule has 0 saturated heterocycles. The third kappa shape index (κ3) is 0.909. The van der Waals surface area contributed by atoms with Gasteiger partial charge in [-0.05, 0) is 49.9 Å². The fraction of sp³-hybridized carbons (Fsp3) is 1.00. The molecule has 4 aliphatic carbocycles. The molecule has 5 atom stereocenters. The van der Waals surface area contributed by atoms with Gasteiger partial charge >= 0.3 is 0 Å². The van der Waals surface area contributed by atoms with Crippen LogP contribution in [0.2, 0.25) is 0 Å². The molecular formula is C11H18O2. The summed E-state index contributed by atoms with van der Waals surface area (Å²) in [6.07, 6.45) is 6.30. The van der Waals surface area contributed by atoms with E-state index in [1.807, 2.05) is 0 Å². The van der Waals surface area contributed by atoms with Gasteiger partial charge < -0.3 is 10.2 Å². The summed E-state index contributed by atoms with van der Waals surface area (Å²) in [5.74, 6) is 1.54. The van der Waals surface area contributed by atoms with Crippen molar-refractivity contribution in [3.63, 3.8) is 0 Å². The molecule has 0 aromatic carbocycles. The number of aliphatic hydroxyl groups excluding tert-OH is 1. The Kier molecular flexibility index (Phi) is 1.58. The summed E-state index contributed by atoms with van der Waals surface area (Å²) in [5.41, 5.74) is -0.690. The molecule has 0 aromatic heterocycles. The first-order valence-corrected chi connectivity index (χ1v) is 5.62. The predicted molar refractivity (Wildman–Crippen MR) is 49.1 cm³/mol. The van der Waals surface area contributed by atoms with Gasteiger partial charge in [0.15, 0.2) is 0 Å². The fourth-order valence-electron chi connectivity index (χ4n) is 4.17. The largest absolute Gasteiger partial charge is 0.390 e. The lowest BCUT2D eigenvalue weighted by Crippen LogP contribution is -2.63. The van der Waals surface area contributed by atoms with Crippen LogP contribution in [0.4, 0.5) is 0 Å². The lowest BCUT2D eigenvalue weighted by Gasteiger charge is -2.58. The van der Waals surface area contributed by atoms with E-state index in [1.165, 1.54) is 12.8 Å². The molecule has 2 nitrogen and oxygen atoms in total. The highest BCUT2D eigenvalue weighted by Crippen LogP contribution is 2.56. The van der Waals surface area contributed by atoms with Crippen molar-refractivity contribution in [2.24, 2.45) is 17.8 Å². The maximum Gasteiger partial charge on any atom is 0.0938 e. The van der Waals surface area contributed by atoms with Crippen molar-refractivity contribution in [3.8, 4) is 0 Å². The number of hydrogen-bond acceptors (Lipinski definition) is 2. The van der Waals surface area contributed by atoms with Crippen molar-refractivity contribution in [2.45, 2.75) is 50.2 Å². The van der Waals surface area contributed by atoms with Crippen LogP contribution in [-0.4, -0.2) is 21.9 Å². The number of aliphatic hydroxyl groups is 2. The van der Waals surface area contributed by atoms with E-state index in [0.29, 0.717) is 11.8 Å². The molecule has 4 fully saturated rings. The second-order valence-corrected chi connectivity index (χ2v) is 5.27. The zero-order valence-corrected chi connectivity index (χ0v) is 7.95. The van der Waals surface area contributed by atoms with Crippen molar-refractivity contribution in [1.29, 1.82) is 0 Å². The summed E-state index contributed by atoms with van der Waals surface area (Å²) in [7, 11) is 0. The maximum absolute atomic E-state index is 10.4. The average molecular weight is 182 g/mol. The Morgan fingerprint density at radius 1 is 1.08 bits per heavy atom. The second kappa shape index (κ2) is 2.48. The third-order valence-electron chi connectivity index (χ3n) is 4.78. The van der Waals surface area contributed by atoms with E-state index in [4.69, 9.17) is 0 Å². The minimum Gasteiger partial charge on any atom is -0.390 e. The van der Waals surface area contributed by atoms with E-state index >= 15 is 0 Å². The highest BCUT2D eigenvalue weighted by atomic mass is 16.3. The molecule has 5 unspecified atom stereocenters. The summed E-state index contributed by atoms with van der Waals surface area (Å²) in [5, 5.41) is 20.4. The Hall–Kier alpha value is -0.0800. The molecular weight excluding hydrogens is 164 g/mol. The van der Waals surface area contributed by atoms with Crippen LogP contribution in [0.1, 0.15) is 38.5 Å². The minimum atomic E-state index is -0.690. The zero-order chi connectivity index (χ0) is 9.05. The van der Waals surface area contributed by atoms with Crippen LogP contribution in [0.3, 0.4) is 0 Å². The van der Waals surface area contributed by atoms with Gasteiger partial charge in [0.2, 0.25) is 0 Å². The highest BCUT2D eigenvalue weighted by Gasteiger charge is 2.58. The molecule has 0 amide bonds. The summed E-state index contributed by atoms with van der Waals surface area (Å²) in [6.45, 7) is 0. The van der Waals surface area contributed by atoms with Gasteiger partial charge in [-0.15, -0.1) is 0 Å². The van der Waals surface area contributed by atoms with Gasteiger partial charge in [0.25, 0.3) is 0 Å². The van der Waals surface area contributed by atoms with E-state index < -0.39 is 11.7 Å². The third-order valence-corrected chi connectivity index (χ3v) is 4.78. The Balaban J connectivity index is 1.99. The lowest BCUT2D eigenvalue weighted by atomic mass is 9.51. The van der Waals surface area contributed by atoms with Crippen molar-refractivity contribution in [1.82, 2.24) is 0 Å². The maximum atomic E-state index is 10.4. The van der Waals surface area contributed by atoms with Crippen LogP contribution in [0, 0.1) is 17.8 Å². The normalized spacial score (nSPS) is 59.5. The van der Waals surface area contributed by atoms with E-state index in [1.54, 1.807) is 0 Å². The quantitative estimate of drug-likeness (QED) is 0.593. The summed E-state index contributed by atoms with van der Waals surface area (Å²) in [6, 6.07) is 0. The fourth-order valence-corrected chi connectivity index (χ4v) is 4.17. The summed E-state index contributed by atoms with van der Waals surface area (Å²) in [4.78, 5) is 0. The van der Waals surface area contributed by atoms with E-state index in [0.717, 1.165) is 31.6 Å². The van der Waals surface area contributed by atoms with Crippen molar-refractivity contribution >= 4 is 0 Å². The molecule has 4 saturated carbocycles. The molecule has 4 aliphatic rings. The standard InChI is InChI=1S/C11H18O2/c12-10-8-3-4-9-7(6-8)2-1-5-11(9,10)13/h7-10,12-13H,1-6H2. The Morgan fingerprint density at radius 2 is 1.92 bits per heavy atom. The number of fused-ring (bicyclic) bond motifs is 1. The van der Waals surface area contributed by atoms with Gasteiger partial charge in [-0.25, -0.2) is 0 Å². The molecule has 0 aromatic rings. The molecule has 0 heterocycles. The molecule has 2 N–H and O–H groups in total. The first kappa shape index (κ1) is 8.25. The monoisotopic (exact) mass is 182 g/mol. The van der Waals surface area contributed by atoms with Crippen LogP contribution in [-0.2, 0) is 0 Å². The van der Waals surface area contributed by atoms with Crippen LogP contribution >= 0.6 is 0 Å². The van der Waals surface area contributed by atoms with Crippen molar-refractivity contribution in [3.05, 3.63) is 0 Å². The number of rotatable bonds is 0. The van der Waals surface area contributed by atoms with E-state index in [2.05, 4.69) is 0 Å². The molecule has 4 rings (SSSR count). The van der Waals surface area contributed by atoms with E-state index in [9.17, 15) is 10.2 Å². The first-order valence-electron chi connectivity index (χ1n) is 5.62. The van der Waals surface area contributed by atoms with Gasteiger partial charge in [-0.3, -0.25) is 0 Å². The zero-order valence-electron chi connectivity index (χ0n) is 7.95. The summed E-state index contributed by atoms with van der Waals surface area (Å²) < 4.78 is 0. The van der Waals surface area contributed by atoms with Crippen LogP contribution in [0.25, 0.3) is 0 Å². The molecule has 4 bridgehead atoms. The van der Waals surface area contributed by atoms with Gasteiger partial charge in [0, 0.05) is 0 Å². The average Bonchev–Trinajstić information content (AvgIpc) is 2.14. The predicted octanol–water partition coefficient (Wildman–Crippen LogP) is 1.31. The smallest absolute Gasteiger partial charge is 0.0938 e. The Labute approximate surface area is 79.0 Å². The minimum absolute atomic E-state index is 0.403. The SMILES string of the molecule is OC1C2CCC3C(CCCC13O)C2. The molecule has 2 heteroatoms. The first-order chi connectivity index (χ1) is 6.22. The van der Waals surface area contributed by atoms with E-state index in [-0.39, 0.29) is 0 Å². The van der Waals surface area contributed by atoms with Gasteiger partial charge in [-0.2, -0.15) is 0 Å². The molecule has 13 heavy (non-hydrogen) atoms. The van der Waals surface area contributed by atoms with Crippen LogP contribution < -0.4 is 0 Å². The van der Waals surface area contributed by atoms with Crippen molar-refractivity contribution in [2.75, 3.05) is 0 Å².